The highest BCUT2D eigenvalue weighted by Gasteiger charge is 2.44. The number of ether oxygens (including phenoxy) is 2. The molecule has 1 N–H and O–H groups in total. The van der Waals surface area contributed by atoms with Crippen LogP contribution in [0.25, 0.3) is 11.0 Å². The first kappa shape index (κ1) is 28.3. The van der Waals surface area contributed by atoms with Gasteiger partial charge in [-0.25, -0.2) is 0 Å². The number of furan rings is 1. The first-order valence-corrected chi connectivity index (χ1v) is 13.8. The predicted octanol–water partition coefficient (Wildman–Crippen LogP) is 7.57. The third-order valence-corrected chi connectivity index (χ3v) is 7.44. The Labute approximate surface area is 243 Å². The molecule has 0 spiro atoms. The zero-order valence-corrected chi connectivity index (χ0v) is 24.4. The van der Waals surface area contributed by atoms with Gasteiger partial charge in [-0.05, 0) is 53.3 Å². The molecule has 7 nitrogen and oxygen atoms in total. The van der Waals surface area contributed by atoms with E-state index in [0.29, 0.717) is 33.9 Å². The van der Waals surface area contributed by atoms with E-state index in [1.54, 1.807) is 18.2 Å². The highest BCUT2D eigenvalue weighted by atomic mass is 35.5. The van der Waals surface area contributed by atoms with Crippen LogP contribution in [0.1, 0.15) is 61.0 Å². The second-order valence-electron chi connectivity index (χ2n) is 11.0. The maximum Gasteiger partial charge on any atom is 0.290 e. The summed E-state index contributed by atoms with van der Waals surface area (Å²) in [7, 11) is 1.48. The molecule has 1 aromatic heterocycles. The standard InChI is InChI=1S/C33H32ClNO6/c1-6-40-24-13-7-19(8-14-24)18-35-28(20-9-11-22(12-10-20)33(2,3)4)27(30(37)32(35)38)29(36)25-16-21-15-23(34)17-26(39-5)31(21)41-25/h7-17,28,37H,6,18H2,1-5H3. The molecule has 0 fully saturated rings. The minimum atomic E-state index is -0.839. The summed E-state index contributed by atoms with van der Waals surface area (Å²) in [6.45, 7) is 8.96. The lowest BCUT2D eigenvalue weighted by atomic mass is 9.85. The molecule has 2 heterocycles. The average molecular weight is 574 g/mol. The van der Waals surface area contributed by atoms with E-state index in [2.05, 4.69) is 20.8 Å². The number of nitrogens with zero attached hydrogens (tertiary/aromatic N) is 1. The van der Waals surface area contributed by atoms with Crippen molar-refractivity contribution in [3.05, 3.63) is 106 Å². The van der Waals surface area contributed by atoms with E-state index in [-0.39, 0.29) is 23.3 Å². The molecule has 1 atom stereocenters. The van der Waals surface area contributed by atoms with Crippen LogP contribution in [0.2, 0.25) is 5.02 Å². The first-order chi connectivity index (χ1) is 19.5. The fourth-order valence-electron chi connectivity index (χ4n) is 5.10. The normalized spacial score (nSPS) is 15.6. The van der Waals surface area contributed by atoms with Gasteiger partial charge in [-0.1, -0.05) is 68.8 Å². The molecule has 5 rings (SSSR count). The van der Waals surface area contributed by atoms with Crippen LogP contribution in [-0.4, -0.2) is 35.4 Å². The number of ketones is 1. The van der Waals surface area contributed by atoms with Gasteiger partial charge in [0, 0.05) is 23.0 Å². The molecule has 0 saturated heterocycles. The summed E-state index contributed by atoms with van der Waals surface area (Å²) >= 11 is 6.22. The second kappa shape index (κ2) is 11.0. The van der Waals surface area contributed by atoms with Crippen molar-refractivity contribution in [3.63, 3.8) is 0 Å². The number of aliphatic hydroxyl groups is 1. The predicted molar refractivity (Wildman–Crippen MR) is 158 cm³/mol. The van der Waals surface area contributed by atoms with Gasteiger partial charge in [-0.15, -0.1) is 0 Å². The van der Waals surface area contributed by atoms with Gasteiger partial charge in [0.15, 0.2) is 22.9 Å². The van der Waals surface area contributed by atoms with Crippen molar-refractivity contribution in [2.24, 2.45) is 0 Å². The second-order valence-corrected chi connectivity index (χ2v) is 11.4. The summed E-state index contributed by atoms with van der Waals surface area (Å²) in [6, 6.07) is 19.1. The molecule has 1 amide bonds. The lowest BCUT2D eigenvalue weighted by Gasteiger charge is -2.28. The molecule has 0 bridgehead atoms. The van der Waals surface area contributed by atoms with Crippen LogP contribution in [0.4, 0.5) is 0 Å². The van der Waals surface area contributed by atoms with Gasteiger partial charge in [0.2, 0.25) is 5.78 Å². The highest BCUT2D eigenvalue weighted by Crippen LogP contribution is 2.42. The van der Waals surface area contributed by atoms with Crippen molar-refractivity contribution in [2.45, 2.75) is 45.7 Å². The van der Waals surface area contributed by atoms with Crippen LogP contribution < -0.4 is 9.47 Å². The van der Waals surface area contributed by atoms with Crippen molar-refractivity contribution in [3.8, 4) is 11.5 Å². The van der Waals surface area contributed by atoms with Crippen LogP contribution in [0.3, 0.4) is 0 Å². The number of rotatable bonds is 8. The fourth-order valence-corrected chi connectivity index (χ4v) is 5.31. The number of hydrogen-bond donors (Lipinski definition) is 1. The zero-order chi connectivity index (χ0) is 29.5. The summed E-state index contributed by atoms with van der Waals surface area (Å²) in [6.07, 6.45) is 0. The number of carbonyl (C=O) groups excluding carboxylic acids is 2. The number of halogens is 1. The lowest BCUT2D eigenvalue weighted by molar-refractivity contribution is -0.130. The van der Waals surface area contributed by atoms with Crippen LogP contribution in [0.5, 0.6) is 11.5 Å². The molecule has 1 aliphatic heterocycles. The molecule has 0 radical (unpaired) electrons. The molecule has 1 unspecified atom stereocenters. The number of methoxy groups -OCH3 is 1. The van der Waals surface area contributed by atoms with Crippen LogP contribution in [0, 0.1) is 0 Å². The molecule has 8 heteroatoms. The number of aliphatic hydroxyl groups excluding tert-OH is 1. The van der Waals surface area contributed by atoms with Gasteiger partial charge in [-0.2, -0.15) is 0 Å². The summed E-state index contributed by atoms with van der Waals surface area (Å²) < 4.78 is 16.8. The van der Waals surface area contributed by atoms with Gasteiger partial charge in [-0.3, -0.25) is 9.59 Å². The Bertz CT molecular complexity index is 1640. The van der Waals surface area contributed by atoms with Gasteiger partial charge < -0.3 is 23.9 Å². The largest absolute Gasteiger partial charge is 0.503 e. The van der Waals surface area contributed by atoms with E-state index in [0.717, 1.165) is 16.9 Å². The summed E-state index contributed by atoms with van der Waals surface area (Å²) in [5.41, 5.74) is 2.84. The van der Waals surface area contributed by atoms with Crippen LogP contribution >= 0.6 is 11.6 Å². The third-order valence-electron chi connectivity index (χ3n) is 7.22. The maximum atomic E-state index is 14.0. The Morgan fingerprint density at radius 2 is 1.73 bits per heavy atom. The lowest BCUT2D eigenvalue weighted by Crippen LogP contribution is -2.30. The molecule has 212 valence electrons. The molecular formula is C33H32ClNO6. The number of fused-ring (bicyclic) bond motifs is 1. The monoisotopic (exact) mass is 573 g/mol. The molecular weight excluding hydrogens is 542 g/mol. The number of amides is 1. The highest BCUT2D eigenvalue weighted by molar-refractivity contribution is 6.31. The van der Waals surface area contributed by atoms with Crippen molar-refractivity contribution >= 4 is 34.3 Å². The molecule has 41 heavy (non-hydrogen) atoms. The van der Waals surface area contributed by atoms with Crippen molar-refractivity contribution in [1.82, 2.24) is 4.90 Å². The van der Waals surface area contributed by atoms with Gasteiger partial charge in [0.1, 0.15) is 5.75 Å². The topological polar surface area (TPSA) is 89.2 Å². The van der Waals surface area contributed by atoms with Gasteiger partial charge in [0.25, 0.3) is 5.91 Å². The Morgan fingerprint density at radius 3 is 2.34 bits per heavy atom. The van der Waals surface area contributed by atoms with E-state index in [1.165, 1.54) is 12.0 Å². The van der Waals surface area contributed by atoms with Gasteiger partial charge >= 0.3 is 0 Å². The fraction of sp³-hybridized carbons (Fsp3) is 0.273. The van der Waals surface area contributed by atoms with E-state index in [4.69, 9.17) is 25.5 Å². The van der Waals surface area contributed by atoms with E-state index in [9.17, 15) is 14.7 Å². The average Bonchev–Trinajstić information content (AvgIpc) is 3.48. The SMILES string of the molecule is CCOc1ccc(CN2C(=O)C(O)=C(C(=O)c3cc4cc(Cl)cc(OC)c4o3)C2c2ccc(C(C)(C)C)cc2)cc1. The Morgan fingerprint density at radius 1 is 1.05 bits per heavy atom. The van der Waals surface area contributed by atoms with E-state index >= 15 is 0 Å². The minimum absolute atomic E-state index is 0.0332. The van der Waals surface area contributed by atoms with Crippen molar-refractivity contribution in [1.29, 1.82) is 0 Å². The van der Waals surface area contributed by atoms with Crippen LogP contribution in [0.15, 0.2) is 82.5 Å². The number of carbonyl (C=O) groups is 2. The summed E-state index contributed by atoms with van der Waals surface area (Å²) in [4.78, 5) is 29.0. The van der Waals surface area contributed by atoms with Gasteiger partial charge in [0.05, 0.1) is 25.3 Å². The third kappa shape index (κ3) is 5.42. The first-order valence-electron chi connectivity index (χ1n) is 13.4. The Kier molecular flexibility index (Phi) is 7.58. The number of hydrogen-bond acceptors (Lipinski definition) is 6. The van der Waals surface area contributed by atoms with E-state index in [1.807, 2.05) is 55.5 Å². The molecule has 3 aromatic carbocycles. The van der Waals surface area contributed by atoms with Crippen molar-refractivity contribution < 1.29 is 28.6 Å². The number of Topliss-reactive ketones (excluding diaryl/α,β-unsaturated/α-hetero) is 1. The molecule has 4 aromatic rings. The Hall–Kier alpha value is -4.23. The maximum absolute atomic E-state index is 14.0. The molecule has 1 aliphatic rings. The summed E-state index contributed by atoms with van der Waals surface area (Å²) in [5.74, 6) is -0.770. The van der Waals surface area contributed by atoms with Crippen LogP contribution in [-0.2, 0) is 16.8 Å². The molecule has 0 aliphatic carbocycles. The number of benzene rings is 3. The van der Waals surface area contributed by atoms with Crippen molar-refractivity contribution in [2.75, 3.05) is 13.7 Å². The van der Waals surface area contributed by atoms with E-state index < -0.39 is 23.5 Å². The quantitative estimate of drug-likeness (QED) is 0.219. The Balaban J connectivity index is 1.58. The molecule has 0 saturated carbocycles. The smallest absolute Gasteiger partial charge is 0.290 e. The minimum Gasteiger partial charge on any atom is -0.503 e. The zero-order valence-electron chi connectivity index (χ0n) is 23.7. The summed E-state index contributed by atoms with van der Waals surface area (Å²) in [5, 5.41) is 12.1.